The molecule has 0 radical (unpaired) electrons. The fourth-order valence-corrected chi connectivity index (χ4v) is 1.95. The second kappa shape index (κ2) is 7.04. The van der Waals surface area contributed by atoms with E-state index in [2.05, 4.69) is 5.32 Å². The number of anilines is 1. The summed E-state index contributed by atoms with van der Waals surface area (Å²) < 4.78 is 10.6. The van der Waals surface area contributed by atoms with Crippen LogP contribution in [0.15, 0.2) is 34.7 Å². The lowest BCUT2D eigenvalue weighted by molar-refractivity contribution is 0.0660. The SMILES string of the molecule is CCCOc1ccc(NCc2ccc(C(=O)O)o2)cc1Cl. The Kier molecular flexibility index (Phi) is 5.11. The summed E-state index contributed by atoms with van der Waals surface area (Å²) in [6.07, 6.45) is 0.917. The molecule has 0 amide bonds. The molecular weight excluding hydrogens is 294 g/mol. The summed E-state index contributed by atoms with van der Waals surface area (Å²) in [5, 5.41) is 12.4. The number of rotatable bonds is 7. The zero-order valence-corrected chi connectivity index (χ0v) is 12.3. The highest BCUT2D eigenvalue weighted by molar-refractivity contribution is 6.32. The second-order valence-corrected chi connectivity index (χ2v) is 4.83. The lowest BCUT2D eigenvalue weighted by Gasteiger charge is -2.09. The van der Waals surface area contributed by atoms with Crippen LogP contribution < -0.4 is 10.1 Å². The van der Waals surface area contributed by atoms with E-state index in [1.54, 1.807) is 18.2 Å². The Hall–Kier alpha value is -2.14. The van der Waals surface area contributed by atoms with Gasteiger partial charge < -0.3 is 19.6 Å². The third kappa shape index (κ3) is 4.16. The molecule has 0 aliphatic carbocycles. The van der Waals surface area contributed by atoms with Crippen molar-refractivity contribution in [1.82, 2.24) is 0 Å². The molecule has 0 saturated carbocycles. The van der Waals surface area contributed by atoms with Crippen LogP contribution in [-0.4, -0.2) is 17.7 Å². The van der Waals surface area contributed by atoms with Gasteiger partial charge in [-0.25, -0.2) is 4.79 Å². The first-order chi connectivity index (χ1) is 10.1. The number of hydrogen-bond acceptors (Lipinski definition) is 4. The number of halogens is 1. The fraction of sp³-hybridized carbons (Fsp3) is 0.267. The third-order valence-electron chi connectivity index (χ3n) is 2.73. The Morgan fingerprint density at radius 1 is 1.38 bits per heavy atom. The van der Waals surface area contributed by atoms with E-state index in [1.165, 1.54) is 6.07 Å². The van der Waals surface area contributed by atoms with Crippen molar-refractivity contribution in [3.8, 4) is 5.75 Å². The van der Waals surface area contributed by atoms with Crippen molar-refractivity contribution >= 4 is 23.3 Å². The minimum atomic E-state index is -1.08. The Bertz CT molecular complexity index is 624. The average Bonchev–Trinajstić information content (AvgIpc) is 2.93. The van der Waals surface area contributed by atoms with Crippen LogP contribution in [0.1, 0.15) is 29.7 Å². The van der Waals surface area contributed by atoms with Gasteiger partial charge in [0.2, 0.25) is 5.76 Å². The Morgan fingerprint density at radius 2 is 2.19 bits per heavy atom. The van der Waals surface area contributed by atoms with E-state index in [0.717, 1.165) is 12.1 Å². The quantitative estimate of drug-likeness (QED) is 0.808. The molecule has 1 aromatic heterocycles. The summed E-state index contributed by atoms with van der Waals surface area (Å²) in [7, 11) is 0. The first-order valence-corrected chi connectivity index (χ1v) is 6.96. The lowest BCUT2D eigenvalue weighted by atomic mass is 10.3. The molecule has 0 spiro atoms. The predicted octanol–water partition coefficient (Wildman–Crippen LogP) is 4.03. The molecule has 2 N–H and O–H groups in total. The van der Waals surface area contributed by atoms with E-state index in [0.29, 0.717) is 29.7 Å². The molecule has 2 rings (SSSR count). The van der Waals surface area contributed by atoms with Gasteiger partial charge in [-0.2, -0.15) is 0 Å². The van der Waals surface area contributed by atoms with E-state index in [-0.39, 0.29) is 5.76 Å². The van der Waals surface area contributed by atoms with Gasteiger partial charge in [0, 0.05) is 5.69 Å². The van der Waals surface area contributed by atoms with Crippen molar-refractivity contribution in [2.75, 3.05) is 11.9 Å². The maximum atomic E-state index is 10.7. The number of hydrogen-bond donors (Lipinski definition) is 2. The molecule has 6 heteroatoms. The Labute approximate surface area is 127 Å². The number of carboxylic acids is 1. The molecule has 0 atom stereocenters. The highest BCUT2D eigenvalue weighted by Crippen LogP contribution is 2.28. The third-order valence-corrected chi connectivity index (χ3v) is 3.03. The molecule has 2 aromatic rings. The Morgan fingerprint density at radius 3 is 2.81 bits per heavy atom. The van der Waals surface area contributed by atoms with Gasteiger partial charge >= 0.3 is 5.97 Å². The van der Waals surface area contributed by atoms with Gasteiger partial charge in [0.15, 0.2) is 0 Å². The zero-order valence-electron chi connectivity index (χ0n) is 11.6. The predicted molar refractivity (Wildman–Crippen MR) is 80.2 cm³/mol. The molecule has 112 valence electrons. The monoisotopic (exact) mass is 309 g/mol. The number of aromatic carboxylic acids is 1. The summed E-state index contributed by atoms with van der Waals surface area (Å²) in [6.45, 7) is 3.02. The normalized spacial score (nSPS) is 10.4. The highest BCUT2D eigenvalue weighted by Gasteiger charge is 2.09. The molecule has 21 heavy (non-hydrogen) atoms. The molecule has 0 unspecified atom stereocenters. The summed E-state index contributed by atoms with van der Waals surface area (Å²) in [4.78, 5) is 10.7. The van der Waals surface area contributed by atoms with Crippen LogP contribution in [0.2, 0.25) is 5.02 Å². The van der Waals surface area contributed by atoms with Crippen molar-refractivity contribution in [2.24, 2.45) is 0 Å². The standard InChI is InChI=1S/C15H16ClNO4/c1-2-7-20-13-5-3-10(8-12(13)16)17-9-11-4-6-14(21-11)15(18)19/h3-6,8,17H,2,7,9H2,1H3,(H,18,19). The maximum absolute atomic E-state index is 10.7. The van der Waals surface area contributed by atoms with Crippen LogP contribution in [0.4, 0.5) is 5.69 Å². The average molecular weight is 310 g/mol. The largest absolute Gasteiger partial charge is 0.492 e. The first-order valence-electron chi connectivity index (χ1n) is 6.58. The molecule has 1 heterocycles. The van der Waals surface area contributed by atoms with E-state index < -0.39 is 5.97 Å². The van der Waals surface area contributed by atoms with Crippen molar-refractivity contribution in [1.29, 1.82) is 0 Å². The van der Waals surface area contributed by atoms with E-state index >= 15 is 0 Å². The van der Waals surface area contributed by atoms with Crippen LogP contribution in [0, 0.1) is 0 Å². The molecule has 0 fully saturated rings. The van der Waals surface area contributed by atoms with Crippen LogP contribution in [-0.2, 0) is 6.54 Å². The fourth-order valence-electron chi connectivity index (χ4n) is 1.72. The zero-order chi connectivity index (χ0) is 15.2. The molecule has 0 saturated heterocycles. The topological polar surface area (TPSA) is 71.7 Å². The van der Waals surface area contributed by atoms with Crippen molar-refractivity contribution < 1.29 is 19.1 Å². The number of benzene rings is 1. The van der Waals surface area contributed by atoms with Gasteiger partial charge in [0.1, 0.15) is 11.5 Å². The smallest absolute Gasteiger partial charge is 0.371 e. The summed E-state index contributed by atoms with van der Waals surface area (Å²) in [6, 6.07) is 8.45. The number of nitrogens with one attached hydrogen (secondary N) is 1. The van der Waals surface area contributed by atoms with Gasteiger partial charge in [-0.3, -0.25) is 0 Å². The van der Waals surface area contributed by atoms with E-state index in [9.17, 15) is 4.79 Å². The van der Waals surface area contributed by atoms with Crippen molar-refractivity contribution in [3.05, 3.63) is 46.9 Å². The number of carboxylic acid groups (broad SMARTS) is 1. The molecule has 1 aromatic carbocycles. The van der Waals surface area contributed by atoms with Crippen LogP contribution in [0.5, 0.6) is 5.75 Å². The van der Waals surface area contributed by atoms with E-state index in [1.807, 2.05) is 13.0 Å². The van der Waals surface area contributed by atoms with E-state index in [4.69, 9.17) is 25.9 Å². The molecule has 0 bridgehead atoms. The van der Waals surface area contributed by atoms with Crippen LogP contribution in [0.25, 0.3) is 0 Å². The second-order valence-electron chi connectivity index (χ2n) is 4.42. The minimum absolute atomic E-state index is 0.0758. The van der Waals surface area contributed by atoms with Gasteiger partial charge in [-0.15, -0.1) is 0 Å². The van der Waals surface area contributed by atoms with Crippen molar-refractivity contribution in [2.45, 2.75) is 19.9 Å². The van der Waals surface area contributed by atoms with Gasteiger partial charge in [0.25, 0.3) is 0 Å². The minimum Gasteiger partial charge on any atom is -0.492 e. The summed E-state index contributed by atoms with van der Waals surface area (Å²) in [5.74, 6) is 0.0277. The molecule has 0 aliphatic rings. The molecule has 0 aliphatic heterocycles. The molecular formula is C15H16ClNO4. The molecule has 5 nitrogen and oxygen atoms in total. The Balaban J connectivity index is 1.96. The summed E-state index contributed by atoms with van der Waals surface area (Å²) >= 11 is 6.13. The summed E-state index contributed by atoms with van der Waals surface area (Å²) in [5.41, 5.74) is 0.803. The maximum Gasteiger partial charge on any atom is 0.371 e. The van der Waals surface area contributed by atoms with Gasteiger partial charge in [0.05, 0.1) is 18.2 Å². The van der Waals surface area contributed by atoms with Crippen LogP contribution >= 0.6 is 11.6 Å². The van der Waals surface area contributed by atoms with Crippen molar-refractivity contribution in [3.63, 3.8) is 0 Å². The number of carbonyl (C=O) groups is 1. The number of furan rings is 1. The van der Waals surface area contributed by atoms with Gasteiger partial charge in [-0.1, -0.05) is 18.5 Å². The highest BCUT2D eigenvalue weighted by atomic mass is 35.5. The first kappa shape index (κ1) is 15.3. The number of ether oxygens (including phenoxy) is 1. The van der Waals surface area contributed by atoms with Crippen LogP contribution in [0.3, 0.4) is 0 Å². The van der Waals surface area contributed by atoms with Gasteiger partial charge in [-0.05, 0) is 36.8 Å². The lowest BCUT2D eigenvalue weighted by Crippen LogP contribution is -2.00.